The normalized spacial score (nSPS) is 11.7. The van der Waals surface area contributed by atoms with Gasteiger partial charge in [-0.25, -0.2) is 0 Å². The molecule has 0 spiro atoms. The molecule has 10 nitrogen and oxygen atoms in total. The summed E-state index contributed by atoms with van der Waals surface area (Å²) in [4.78, 5) is 0. The van der Waals surface area contributed by atoms with Crippen molar-refractivity contribution in [2.24, 2.45) is 0 Å². The molecule has 8 rings (SSSR count). The van der Waals surface area contributed by atoms with E-state index in [1.807, 2.05) is 66.7 Å². The van der Waals surface area contributed by atoms with E-state index in [9.17, 15) is 46.0 Å². The highest BCUT2D eigenvalue weighted by Gasteiger charge is 2.34. The van der Waals surface area contributed by atoms with Crippen molar-refractivity contribution in [3.8, 4) is 85.1 Å². The minimum absolute atomic E-state index is 0.193. The maximum Gasteiger partial charge on any atom is 0.208 e. The van der Waals surface area contributed by atoms with E-state index < -0.39 is 62.9 Å². The predicted molar refractivity (Wildman–Crippen MR) is 180 cm³/mol. The number of hydrogen-bond donors (Lipinski definition) is 9. The average Bonchev–Trinajstić information content (AvgIpc) is 3.50. The molecule has 0 fully saturated rings. The van der Waals surface area contributed by atoms with Crippen LogP contribution in [-0.4, -0.2) is 46.0 Å². The number of phenols is 9. The summed E-state index contributed by atoms with van der Waals surface area (Å²) in [5.74, 6) is -10.5. The third-order valence-corrected chi connectivity index (χ3v) is 8.87. The molecule has 0 bridgehead atoms. The van der Waals surface area contributed by atoms with Crippen LogP contribution >= 0.6 is 0 Å². The first kappa shape index (κ1) is 28.5. The molecular weight excluding hydrogens is 616 g/mol. The van der Waals surface area contributed by atoms with E-state index in [0.29, 0.717) is 32.7 Å². The number of rotatable bonds is 3. The Kier molecular flexibility index (Phi) is 5.96. The van der Waals surface area contributed by atoms with Crippen molar-refractivity contribution in [2.75, 3.05) is 0 Å². The van der Waals surface area contributed by atoms with Gasteiger partial charge in [0.1, 0.15) is 11.2 Å². The van der Waals surface area contributed by atoms with Crippen LogP contribution in [0.4, 0.5) is 0 Å². The molecule has 8 aromatic rings. The van der Waals surface area contributed by atoms with Crippen molar-refractivity contribution in [3.05, 3.63) is 91.0 Å². The van der Waals surface area contributed by atoms with Crippen molar-refractivity contribution >= 4 is 43.5 Å². The van der Waals surface area contributed by atoms with E-state index in [1.165, 1.54) is 0 Å². The Hall–Kier alpha value is -6.94. The van der Waals surface area contributed by atoms with Crippen molar-refractivity contribution in [1.29, 1.82) is 0 Å². The molecule has 1 aromatic heterocycles. The van der Waals surface area contributed by atoms with Gasteiger partial charge in [-0.2, -0.15) is 0 Å². The first-order valence-corrected chi connectivity index (χ1v) is 14.6. The van der Waals surface area contributed by atoms with Gasteiger partial charge >= 0.3 is 0 Å². The third-order valence-electron chi connectivity index (χ3n) is 8.87. The molecule has 0 unspecified atom stereocenters. The zero-order chi connectivity index (χ0) is 33.6. The van der Waals surface area contributed by atoms with Gasteiger partial charge < -0.3 is 50.4 Å². The standard InChI is InChI=1S/C38H24O10/c39-30-27(28(31(40)35(44)34(30)43)29-32(41)36(45)38(47)37(46)33(29)42)26-18-10-3-1-8-16(18)24(17-9-2-4-11-19(17)26)21-13-7-15-23-25(21)20-12-5-6-14-22(20)48-23/h1-15,39-47H. The summed E-state index contributed by atoms with van der Waals surface area (Å²) in [6, 6.07) is 27.7. The first-order valence-electron chi connectivity index (χ1n) is 14.6. The Morgan fingerprint density at radius 2 is 0.667 bits per heavy atom. The summed E-state index contributed by atoms with van der Waals surface area (Å²) in [6.45, 7) is 0. The van der Waals surface area contributed by atoms with Gasteiger partial charge in [0.15, 0.2) is 23.0 Å². The van der Waals surface area contributed by atoms with Gasteiger partial charge in [0.2, 0.25) is 28.7 Å². The Morgan fingerprint density at radius 3 is 1.19 bits per heavy atom. The van der Waals surface area contributed by atoms with Gasteiger partial charge in [0.05, 0.1) is 5.56 Å². The van der Waals surface area contributed by atoms with Crippen LogP contribution in [0.2, 0.25) is 0 Å². The Balaban J connectivity index is 1.60. The number of furan rings is 1. The SMILES string of the molecule is Oc1c(O)c(O)c(-c2c(O)c(O)c(O)c(O)c2-c2c3ccccc3c(-c3cccc4oc5ccccc5c34)c3ccccc23)c(O)c1O. The van der Waals surface area contributed by atoms with E-state index in [1.54, 1.807) is 24.3 Å². The fraction of sp³-hybridized carbons (Fsp3) is 0. The highest BCUT2D eigenvalue weighted by Crippen LogP contribution is 2.63. The van der Waals surface area contributed by atoms with E-state index in [0.717, 1.165) is 21.9 Å². The maximum absolute atomic E-state index is 11.5. The van der Waals surface area contributed by atoms with Crippen molar-refractivity contribution in [1.82, 2.24) is 0 Å². The molecule has 7 aromatic carbocycles. The minimum atomic E-state index is -1.25. The van der Waals surface area contributed by atoms with Crippen LogP contribution in [0, 0.1) is 0 Å². The van der Waals surface area contributed by atoms with E-state index in [-0.39, 0.29) is 11.1 Å². The third kappa shape index (κ3) is 3.68. The van der Waals surface area contributed by atoms with Crippen LogP contribution in [0.5, 0.6) is 51.7 Å². The Labute approximate surface area is 269 Å². The second kappa shape index (κ2) is 10.0. The number of benzene rings is 7. The Bertz CT molecular complexity index is 2590. The quantitative estimate of drug-likeness (QED) is 0.0515. The highest BCUT2D eigenvalue weighted by molar-refractivity contribution is 6.27. The summed E-state index contributed by atoms with van der Waals surface area (Å²) in [7, 11) is 0. The first-order chi connectivity index (χ1) is 23.1. The van der Waals surface area contributed by atoms with E-state index in [4.69, 9.17) is 4.42 Å². The number of para-hydroxylation sites is 1. The monoisotopic (exact) mass is 640 g/mol. The molecule has 0 saturated heterocycles. The second-order valence-corrected chi connectivity index (χ2v) is 11.4. The summed E-state index contributed by atoms with van der Waals surface area (Å²) in [6.07, 6.45) is 0. The van der Waals surface area contributed by atoms with Gasteiger partial charge in [-0.1, -0.05) is 78.9 Å². The van der Waals surface area contributed by atoms with Crippen LogP contribution < -0.4 is 0 Å². The lowest BCUT2D eigenvalue weighted by Gasteiger charge is -2.23. The van der Waals surface area contributed by atoms with Crippen LogP contribution in [0.3, 0.4) is 0 Å². The summed E-state index contributed by atoms with van der Waals surface area (Å²) in [5, 5.41) is 101. The molecule has 0 atom stereocenters. The average molecular weight is 641 g/mol. The van der Waals surface area contributed by atoms with Crippen LogP contribution in [-0.2, 0) is 0 Å². The van der Waals surface area contributed by atoms with Crippen molar-refractivity contribution in [2.45, 2.75) is 0 Å². The molecule has 9 N–H and O–H groups in total. The fourth-order valence-corrected chi connectivity index (χ4v) is 6.78. The minimum Gasteiger partial charge on any atom is -0.504 e. The van der Waals surface area contributed by atoms with Crippen LogP contribution in [0.1, 0.15) is 0 Å². The largest absolute Gasteiger partial charge is 0.504 e. The van der Waals surface area contributed by atoms with Gasteiger partial charge in [-0.3, -0.25) is 0 Å². The molecular formula is C38H24O10. The molecule has 0 saturated carbocycles. The van der Waals surface area contributed by atoms with Crippen molar-refractivity contribution in [3.63, 3.8) is 0 Å². The molecule has 1 heterocycles. The fourth-order valence-electron chi connectivity index (χ4n) is 6.78. The molecule has 0 amide bonds. The summed E-state index contributed by atoms with van der Waals surface area (Å²) >= 11 is 0. The molecule has 0 aliphatic rings. The zero-order valence-electron chi connectivity index (χ0n) is 24.6. The molecule has 0 aliphatic carbocycles. The zero-order valence-corrected chi connectivity index (χ0v) is 24.6. The molecule has 0 radical (unpaired) electrons. The summed E-state index contributed by atoms with van der Waals surface area (Å²) in [5.41, 5.74) is 1.32. The molecule has 236 valence electrons. The van der Waals surface area contributed by atoms with Gasteiger partial charge in [0.25, 0.3) is 0 Å². The number of phenolic OH excluding ortho intramolecular Hbond substituents is 9. The van der Waals surface area contributed by atoms with Gasteiger partial charge in [-0.05, 0) is 44.8 Å². The van der Waals surface area contributed by atoms with Crippen LogP contribution in [0.25, 0.3) is 76.9 Å². The molecule has 0 aliphatic heterocycles. The second-order valence-electron chi connectivity index (χ2n) is 11.4. The topological polar surface area (TPSA) is 195 Å². The lowest BCUT2D eigenvalue weighted by atomic mass is 9.82. The van der Waals surface area contributed by atoms with E-state index >= 15 is 0 Å². The van der Waals surface area contributed by atoms with Gasteiger partial charge in [-0.15, -0.1) is 0 Å². The number of fused-ring (bicyclic) bond motifs is 5. The van der Waals surface area contributed by atoms with Gasteiger partial charge in [0, 0.05) is 27.5 Å². The summed E-state index contributed by atoms with van der Waals surface area (Å²) < 4.78 is 6.18. The molecule has 48 heavy (non-hydrogen) atoms. The smallest absolute Gasteiger partial charge is 0.208 e. The number of hydrogen-bond acceptors (Lipinski definition) is 10. The van der Waals surface area contributed by atoms with E-state index in [2.05, 4.69) is 0 Å². The van der Waals surface area contributed by atoms with Crippen molar-refractivity contribution < 1.29 is 50.4 Å². The van der Waals surface area contributed by atoms with Crippen LogP contribution in [0.15, 0.2) is 95.4 Å². The lowest BCUT2D eigenvalue weighted by molar-refractivity contribution is 0.329. The maximum atomic E-state index is 11.5. The Morgan fingerprint density at radius 1 is 0.292 bits per heavy atom. The number of aromatic hydroxyl groups is 9. The predicted octanol–water partition coefficient (Wildman–Crippen LogP) is 8.24. The lowest BCUT2D eigenvalue weighted by Crippen LogP contribution is -1.95. The molecule has 10 heteroatoms. The highest BCUT2D eigenvalue weighted by atomic mass is 16.4.